The summed E-state index contributed by atoms with van der Waals surface area (Å²) in [5, 5.41) is 5.58. The van der Waals surface area contributed by atoms with E-state index in [0.29, 0.717) is 0 Å². The van der Waals surface area contributed by atoms with E-state index in [4.69, 9.17) is 0 Å². The van der Waals surface area contributed by atoms with Crippen molar-refractivity contribution in [3.05, 3.63) is 6.92 Å². The molecular weight excluding hydrogens is 155 g/mol. The standard InChI is InChI=1S/C5H9N2O.V/c1-4-5(8)7-3-2-6-4;/h4,6H,1-3H2,(H,7,8);/q-1;. The third-order valence-electron chi connectivity index (χ3n) is 1.13. The van der Waals surface area contributed by atoms with Crippen molar-refractivity contribution < 1.29 is 23.4 Å². The third-order valence-corrected chi connectivity index (χ3v) is 1.13. The molecule has 1 aliphatic heterocycles. The molecule has 0 spiro atoms. The Balaban J connectivity index is 0.000000640. The minimum Gasteiger partial charge on any atom is -0.356 e. The fraction of sp³-hybridized carbons (Fsp3) is 0.600. The van der Waals surface area contributed by atoms with Crippen LogP contribution in [-0.2, 0) is 23.4 Å². The molecule has 0 aromatic carbocycles. The van der Waals surface area contributed by atoms with Crippen LogP contribution in [-0.4, -0.2) is 25.0 Å². The molecule has 0 aromatic rings. The van der Waals surface area contributed by atoms with E-state index in [1.54, 1.807) is 0 Å². The molecule has 4 heteroatoms. The first kappa shape index (κ1) is 9.01. The number of nitrogens with one attached hydrogen (secondary N) is 2. The molecule has 0 aromatic heterocycles. The molecule has 1 fully saturated rings. The van der Waals surface area contributed by atoms with Crippen molar-refractivity contribution in [1.29, 1.82) is 0 Å². The zero-order valence-corrected chi connectivity index (χ0v) is 6.45. The second-order valence-electron chi connectivity index (χ2n) is 1.80. The zero-order chi connectivity index (χ0) is 5.98. The number of hydrogen-bond donors (Lipinski definition) is 2. The average molecular weight is 164 g/mol. The molecule has 1 unspecified atom stereocenters. The van der Waals surface area contributed by atoms with Gasteiger partial charge in [0.1, 0.15) is 0 Å². The van der Waals surface area contributed by atoms with Crippen molar-refractivity contribution in [1.82, 2.24) is 10.6 Å². The van der Waals surface area contributed by atoms with Crippen LogP contribution >= 0.6 is 0 Å². The minimum atomic E-state index is -0.247. The molecule has 0 aliphatic carbocycles. The van der Waals surface area contributed by atoms with Crippen LogP contribution < -0.4 is 10.6 Å². The SMILES string of the molecule is [CH2-]C1NCCNC1=O.[V]. The number of carbonyl (C=O) groups excluding carboxylic acids is 1. The fourth-order valence-corrected chi connectivity index (χ4v) is 0.648. The van der Waals surface area contributed by atoms with Gasteiger partial charge in [0.2, 0.25) is 5.91 Å². The predicted octanol–water partition coefficient (Wildman–Crippen LogP) is -1.09. The Morgan fingerprint density at radius 1 is 1.56 bits per heavy atom. The van der Waals surface area contributed by atoms with Gasteiger partial charge in [-0.2, -0.15) is 0 Å². The maximum absolute atomic E-state index is 10.6. The first-order valence-electron chi connectivity index (χ1n) is 2.65. The van der Waals surface area contributed by atoms with Crippen LogP contribution in [0.5, 0.6) is 0 Å². The molecule has 1 amide bonds. The van der Waals surface area contributed by atoms with Gasteiger partial charge in [-0.1, -0.05) is 0 Å². The second kappa shape index (κ2) is 3.93. The molecule has 2 N–H and O–H groups in total. The summed E-state index contributed by atoms with van der Waals surface area (Å²) in [6, 6.07) is -0.247. The van der Waals surface area contributed by atoms with Crippen LogP contribution in [0.25, 0.3) is 0 Å². The second-order valence-corrected chi connectivity index (χ2v) is 1.80. The van der Waals surface area contributed by atoms with E-state index >= 15 is 0 Å². The molecule has 1 atom stereocenters. The molecule has 1 heterocycles. The van der Waals surface area contributed by atoms with E-state index in [1.165, 1.54) is 0 Å². The van der Waals surface area contributed by atoms with Gasteiger partial charge in [0, 0.05) is 31.6 Å². The van der Waals surface area contributed by atoms with Crippen LogP contribution in [0.15, 0.2) is 0 Å². The van der Waals surface area contributed by atoms with Gasteiger partial charge < -0.3 is 17.6 Å². The molecule has 51 valence electrons. The van der Waals surface area contributed by atoms with Crippen molar-refractivity contribution in [3.8, 4) is 0 Å². The van der Waals surface area contributed by atoms with Crippen LogP contribution in [0.4, 0.5) is 0 Å². The molecule has 0 bridgehead atoms. The van der Waals surface area contributed by atoms with E-state index in [2.05, 4.69) is 17.6 Å². The van der Waals surface area contributed by atoms with Crippen molar-refractivity contribution in [2.45, 2.75) is 6.04 Å². The van der Waals surface area contributed by atoms with Crippen LogP contribution in [0.2, 0.25) is 0 Å². The fourth-order valence-electron chi connectivity index (χ4n) is 0.648. The first-order valence-corrected chi connectivity index (χ1v) is 2.65. The summed E-state index contributed by atoms with van der Waals surface area (Å²) in [7, 11) is 0. The smallest absolute Gasteiger partial charge is 0.206 e. The maximum atomic E-state index is 10.6. The summed E-state index contributed by atoms with van der Waals surface area (Å²) in [5.74, 6) is -0.00347. The third kappa shape index (κ3) is 2.39. The molecule has 1 saturated heterocycles. The van der Waals surface area contributed by atoms with Crippen LogP contribution in [0.3, 0.4) is 0 Å². The maximum Gasteiger partial charge on any atom is 0.206 e. The largest absolute Gasteiger partial charge is 0.356 e. The molecule has 0 saturated carbocycles. The van der Waals surface area contributed by atoms with Crippen molar-refractivity contribution in [3.63, 3.8) is 0 Å². The van der Waals surface area contributed by atoms with E-state index in [-0.39, 0.29) is 30.5 Å². The Bertz CT molecular complexity index is 107. The topological polar surface area (TPSA) is 41.1 Å². The van der Waals surface area contributed by atoms with Crippen molar-refractivity contribution in [2.24, 2.45) is 0 Å². The molecule has 1 radical (unpaired) electrons. The summed E-state index contributed by atoms with van der Waals surface area (Å²) in [6.07, 6.45) is 0. The van der Waals surface area contributed by atoms with Gasteiger partial charge in [-0.05, 0) is 6.04 Å². The summed E-state index contributed by atoms with van der Waals surface area (Å²) in [5.41, 5.74) is 0. The summed E-state index contributed by atoms with van der Waals surface area (Å²) >= 11 is 0. The monoisotopic (exact) mass is 164 g/mol. The summed E-state index contributed by atoms with van der Waals surface area (Å²) in [6.45, 7) is 5.12. The van der Waals surface area contributed by atoms with Gasteiger partial charge in [0.15, 0.2) is 0 Å². The van der Waals surface area contributed by atoms with E-state index in [0.717, 1.165) is 13.1 Å². The van der Waals surface area contributed by atoms with Gasteiger partial charge in [-0.15, -0.1) is 0 Å². The molecule has 3 nitrogen and oxygen atoms in total. The number of hydrogen-bond acceptors (Lipinski definition) is 2. The van der Waals surface area contributed by atoms with E-state index < -0.39 is 0 Å². The van der Waals surface area contributed by atoms with Crippen LogP contribution in [0, 0.1) is 6.92 Å². The molecular formula is C5H9N2OV-. The van der Waals surface area contributed by atoms with Crippen molar-refractivity contribution in [2.75, 3.05) is 13.1 Å². The van der Waals surface area contributed by atoms with Gasteiger partial charge in [0.05, 0.1) is 0 Å². The number of piperazine rings is 1. The van der Waals surface area contributed by atoms with Gasteiger partial charge in [-0.3, -0.25) is 4.79 Å². The first-order chi connectivity index (χ1) is 3.80. The minimum absolute atomic E-state index is 0. The Labute approximate surface area is 66.5 Å². The molecule has 1 rings (SSSR count). The van der Waals surface area contributed by atoms with E-state index in [9.17, 15) is 4.79 Å². The Morgan fingerprint density at radius 3 is 2.56 bits per heavy atom. The quantitative estimate of drug-likeness (QED) is 0.446. The van der Waals surface area contributed by atoms with Gasteiger partial charge in [0.25, 0.3) is 0 Å². The summed E-state index contributed by atoms with van der Waals surface area (Å²) < 4.78 is 0. The number of amides is 1. The van der Waals surface area contributed by atoms with Crippen molar-refractivity contribution >= 4 is 5.91 Å². The Morgan fingerprint density at radius 2 is 2.22 bits per heavy atom. The zero-order valence-electron chi connectivity index (χ0n) is 5.05. The molecule has 9 heavy (non-hydrogen) atoms. The molecule has 1 aliphatic rings. The van der Waals surface area contributed by atoms with Crippen LogP contribution in [0.1, 0.15) is 0 Å². The van der Waals surface area contributed by atoms with E-state index in [1.807, 2.05) is 0 Å². The van der Waals surface area contributed by atoms with Gasteiger partial charge >= 0.3 is 0 Å². The Hall–Kier alpha value is 0.0144. The average Bonchev–Trinajstić information content (AvgIpc) is 1.77. The number of carbonyl (C=O) groups is 1. The predicted molar refractivity (Wildman–Crippen MR) is 30.2 cm³/mol. The number of rotatable bonds is 0. The normalized spacial score (nSPS) is 26.3. The van der Waals surface area contributed by atoms with Gasteiger partial charge in [-0.25, -0.2) is 0 Å². The summed E-state index contributed by atoms with van der Waals surface area (Å²) in [4.78, 5) is 10.6. The Kier molecular flexibility index (Phi) is 3.94.